The van der Waals surface area contributed by atoms with Crippen LogP contribution in [-0.4, -0.2) is 58.0 Å². The number of carbonyl (C=O) groups excluding carboxylic acids is 2. The lowest BCUT2D eigenvalue weighted by atomic mass is 9.98. The number of hydrogen-bond donors (Lipinski definition) is 2. The van der Waals surface area contributed by atoms with Crippen LogP contribution in [0.3, 0.4) is 0 Å². The molecule has 0 fully saturated rings. The quantitative estimate of drug-likeness (QED) is 0.573. The molecule has 0 radical (unpaired) electrons. The number of anilines is 1. The van der Waals surface area contributed by atoms with E-state index in [2.05, 4.69) is 22.5 Å². The van der Waals surface area contributed by atoms with E-state index in [1.807, 2.05) is 36.4 Å². The predicted octanol–water partition coefficient (Wildman–Crippen LogP) is 3.33. The van der Waals surface area contributed by atoms with Crippen LogP contribution in [0, 0.1) is 0 Å². The first-order valence-corrected chi connectivity index (χ1v) is 10.5. The molecule has 9 heteroatoms. The van der Waals surface area contributed by atoms with Crippen LogP contribution in [0.15, 0.2) is 54.7 Å². The molecule has 1 aliphatic rings. The van der Waals surface area contributed by atoms with Gasteiger partial charge >= 0.3 is 12.1 Å². The number of fused-ring (bicyclic) bond motifs is 3. The molecule has 0 saturated carbocycles. The van der Waals surface area contributed by atoms with Crippen LogP contribution in [0.1, 0.15) is 33.8 Å². The van der Waals surface area contributed by atoms with Crippen LogP contribution in [-0.2, 0) is 16.6 Å². The summed E-state index contributed by atoms with van der Waals surface area (Å²) in [6.07, 6.45) is 0.443. The van der Waals surface area contributed by atoms with Gasteiger partial charge in [0.05, 0.1) is 12.6 Å². The van der Waals surface area contributed by atoms with Crippen molar-refractivity contribution in [3.05, 3.63) is 71.4 Å². The molecule has 9 nitrogen and oxygen atoms in total. The molecular weight excluding hydrogens is 424 g/mol. The minimum atomic E-state index is -1.00. The Morgan fingerprint density at radius 2 is 1.70 bits per heavy atom. The van der Waals surface area contributed by atoms with Crippen molar-refractivity contribution in [3.63, 3.8) is 0 Å². The zero-order chi connectivity index (χ0) is 23.5. The first kappa shape index (κ1) is 22.1. The summed E-state index contributed by atoms with van der Waals surface area (Å²) in [4.78, 5) is 37.4. The van der Waals surface area contributed by atoms with E-state index in [0.717, 1.165) is 22.3 Å². The predicted molar refractivity (Wildman–Crippen MR) is 121 cm³/mol. The van der Waals surface area contributed by atoms with Crippen molar-refractivity contribution in [1.82, 2.24) is 14.7 Å². The first-order chi connectivity index (χ1) is 15.9. The number of aromatic nitrogens is 2. The lowest BCUT2D eigenvalue weighted by Crippen LogP contribution is -2.30. The number of carboxylic acids is 1. The number of nitrogens with one attached hydrogen (secondary N) is 1. The van der Waals surface area contributed by atoms with E-state index < -0.39 is 18.0 Å². The van der Waals surface area contributed by atoms with E-state index in [9.17, 15) is 14.4 Å². The summed E-state index contributed by atoms with van der Waals surface area (Å²) in [5, 5.41) is 15.5. The number of rotatable bonds is 7. The molecule has 0 bridgehead atoms. The summed E-state index contributed by atoms with van der Waals surface area (Å²) in [6, 6.07) is 16.1. The van der Waals surface area contributed by atoms with Gasteiger partial charge in [-0.05, 0) is 22.3 Å². The average Bonchev–Trinajstić information content (AvgIpc) is 3.33. The standard InChI is InChI=1S/C24H24N4O5/c1-27(12-11-21(29)30)23(31)19-13-25-28(2)22(19)26-24(32)33-14-20-17-9-5-3-7-15(17)16-8-4-6-10-18(16)20/h3-10,13,20H,11-12,14H2,1-2H3,(H,26,32)(H,29,30). The molecule has 0 unspecified atom stereocenters. The van der Waals surface area contributed by atoms with Gasteiger partial charge in [0.1, 0.15) is 18.0 Å². The second-order valence-corrected chi connectivity index (χ2v) is 7.85. The van der Waals surface area contributed by atoms with Crippen molar-refractivity contribution >= 4 is 23.8 Å². The summed E-state index contributed by atoms with van der Waals surface area (Å²) < 4.78 is 6.91. The summed E-state index contributed by atoms with van der Waals surface area (Å²) in [5.41, 5.74) is 4.61. The first-order valence-electron chi connectivity index (χ1n) is 10.5. The molecule has 2 amide bonds. The lowest BCUT2D eigenvalue weighted by Gasteiger charge is -2.17. The average molecular weight is 448 g/mol. The summed E-state index contributed by atoms with van der Waals surface area (Å²) in [7, 11) is 3.09. The van der Waals surface area contributed by atoms with Gasteiger partial charge in [0.15, 0.2) is 0 Å². The molecule has 1 aromatic heterocycles. The van der Waals surface area contributed by atoms with Gasteiger partial charge in [-0.1, -0.05) is 48.5 Å². The van der Waals surface area contributed by atoms with E-state index in [1.54, 1.807) is 7.05 Å². The third-order valence-corrected chi connectivity index (χ3v) is 5.74. The van der Waals surface area contributed by atoms with Gasteiger partial charge in [-0.2, -0.15) is 5.10 Å². The molecule has 1 heterocycles. The van der Waals surface area contributed by atoms with Crippen molar-refractivity contribution in [2.75, 3.05) is 25.5 Å². The minimum absolute atomic E-state index is 0.0352. The third-order valence-electron chi connectivity index (χ3n) is 5.74. The Hall–Kier alpha value is -4.14. The van der Waals surface area contributed by atoms with Crippen LogP contribution in [0.4, 0.5) is 10.6 Å². The third kappa shape index (κ3) is 4.43. The fourth-order valence-electron chi connectivity index (χ4n) is 4.04. The molecule has 1 aliphatic carbocycles. The smallest absolute Gasteiger partial charge is 0.412 e. The molecule has 2 N–H and O–H groups in total. The topological polar surface area (TPSA) is 114 Å². The Labute approximate surface area is 190 Å². The molecule has 33 heavy (non-hydrogen) atoms. The van der Waals surface area contributed by atoms with Crippen molar-refractivity contribution in [3.8, 4) is 11.1 Å². The van der Waals surface area contributed by atoms with E-state index in [4.69, 9.17) is 9.84 Å². The number of aryl methyl sites for hydroxylation is 1. The second kappa shape index (κ2) is 9.15. The molecule has 3 aromatic rings. The van der Waals surface area contributed by atoms with E-state index in [1.165, 1.54) is 22.8 Å². The molecule has 0 aliphatic heterocycles. The number of benzene rings is 2. The second-order valence-electron chi connectivity index (χ2n) is 7.85. The van der Waals surface area contributed by atoms with E-state index in [0.29, 0.717) is 0 Å². The van der Waals surface area contributed by atoms with Gasteiger partial charge in [-0.15, -0.1) is 0 Å². The number of hydrogen-bond acceptors (Lipinski definition) is 5. The van der Waals surface area contributed by atoms with E-state index in [-0.39, 0.29) is 36.9 Å². The molecular formula is C24H24N4O5. The van der Waals surface area contributed by atoms with Crippen LogP contribution in [0.5, 0.6) is 0 Å². The van der Waals surface area contributed by atoms with Gasteiger partial charge in [0.2, 0.25) is 0 Å². The molecule has 2 aromatic carbocycles. The Morgan fingerprint density at radius 3 is 2.30 bits per heavy atom. The van der Waals surface area contributed by atoms with Crippen LogP contribution in [0.25, 0.3) is 11.1 Å². The highest BCUT2D eigenvalue weighted by Gasteiger charge is 2.29. The zero-order valence-corrected chi connectivity index (χ0v) is 18.3. The molecule has 170 valence electrons. The number of carbonyl (C=O) groups is 3. The van der Waals surface area contributed by atoms with Crippen LogP contribution >= 0.6 is 0 Å². The maximum Gasteiger partial charge on any atom is 0.412 e. The highest BCUT2D eigenvalue weighted by molar-refractivity contribution is 6.01. The van der Waals surface area contributed by atoms with Gasteiger partial charge in [0.25, 0.3) is 5.91 Å². The number of amides is 2. The van der Waals surface area contributed by atoms with Gasteiger partial charge in [0, 0.05) is 26.6 Å². The van der Waals surface area contributed by atoms with Gasteiger partial charge in [-0.3, -0.25) is 19.6 Å². The van der Waals surface area contributed by atoms with Crippen molar-refractivity contribution in [2.45, 2.75) is 12.3 Å². The Kier molecular flexibility index (Phi) is 6.12. The van der Waals surface area contributed by atoms with Crippen molar-refractivity contribution in [1.29, 1.82) is 0 Å². The SMILES string of the molecule is CN(CCC(=O)O)C(=O)c1cnn(C)c1NC(=O)OCC1c2ccccc2-c2ccccc21. The highest BCUT2D eigenvalue weighted by Crippen LogP contribution is 2.44. The molecule has 4 rings (SSSR count). The van der Waals surface area contributed by atoms with Crippen molar-refractivity contribution in [2.24, 2.45) is 7.05 Å². The monoisotopic (exact) mass is 448 g/mol. The largest absolute Gasteiger partial charge is 0.481 e. The van der Waals surface area contributed by atoms with Crippen LogP contribution < -0.4 is 5.32 Å². The maximum atomic E-state index is 12.7. The summed E-state index contributed by atoms with van der Waals surface area (Å²) >= 11 is 0. The summed E-state index contributed by atoms with van der Waals surface area (Å²) in [5.74, 6) is -1.35. The minimum Gasteiger partial charge on any atom is -0.481 e. The number of carboxylic acid groups (broad SMARTS) is 1. The lowest BCUT2D eigenvalue weighted by molar-refractivity contribution is -0.137. The van der Waals surface area contributed by atoms with Gasteiger partial charge < -0.3 is 14.7 Å². The fraction of sp³-hybridized carbons (Fsp3) is 0.250. The van der Waals surface area contributed by atoms with Crippen molar-refractivity contribution < 1.29 is 24.2 Å². The summed E-state index contributed by atoms with van der Waals surface area (Å²) in [6.45, 7) is 0.174. The number of aliphatic carboxylic acids is 1. The zero-order valence-electron chi connectivity index (χ0n) is 18.3. The van der Waals surface area contributed by atoms with E-state index >= 15 is 0 Å². The van der Waals surface area contributed by atoms with Gasteiger partial charge in [-0.25, -0.2) is 4.79 Å². The molecule has 0 saturated heterocycles. The molecule has 0 spiro atoms. The molecule has 0 atom stereocenters. The maximum absolute atomic E-state index is 12.7. The normalized spacial score (nSPS) is 12.1. The number of nitrogens with zero attached hydrogens (tertiary/aromatic N) is 3. The Balaban J connectivity index is 1.45. The highest BCUT2D eigenvalue weighted by atomic mass is 16.5. The fourth-order valence-corrected chi connectivity index (χ4v) is 4.04. The number of ether oxygens (including phenoxy) is 1. The Morgan fingerprint density at radius 1 is 1.09 bits per heavy atom. The Bertz CT molecular complexity index is 1170. The van der Waals surface area contributed by atoms with Crippen LogP contribution in [0.2, 0.25) is 0 Å².